The van der Waals surface area contributed by atoms with E-state index in [1.165, 1.54) is 64.2 Å². The van der Waals surface area contributed by atoms with Crippen molar-refractivity contribution >= 4 is 0 Å². The summed E-state index contributed by atoms with van der Waals surface area (Å²) in [5, 5.41) is 0. The lowest BCUT2D eigenvalue weighted by molar-refractivity contribution is -0.0399. The Morgan fingerprint density at radius 3 is 0.783 bits per heavy atom. The number of hydrogen-bond acceptors (Lipinski definition) is 10. The fourth-order valence-electron chi connectivity index (χ4n) is 6.75. The monoisotopic (exact) mass is 839 g/mol. The summed E-state index contributed by atoms with van der Waals surface area (Å²) in [5.74, 6) is 0. The molecule has 0 atom stereocenters. The number of rotatable bonds is 43. The zero-order chi connectivity index (χ0) is 42.1. The van der Waals surface area contributed by atoms with Crippen LogP contribution in [-0.4, -0.2) is 126 Å². The van der Waals surface area contributed by atoms with E-state index in [-0.39, 0.29) is 0 Å². The minimum atomic E-state index is -0.748. The smallest absolute Gasteiger partial charge is 0.143 e. The second-order valence-corrected chi connectivity index (χ2v) is 14.7. The highest BCUT2D eigenvalue weighted by molar-refractivity contribution is 5.47. The van der Waals surface area contributed by atoms with Crippen LogP contribution in [0.15, 0.2) is 91.0 Å². The Balaban J connectivity index is 1.01. The molecule has 0 saturated carbocycles. The Morgan fingerprint density at radius 1 is 0.267 bits per heavy atom. The Labute approximate surface area is 362 Å². The van der Waals surface area contributed by atoms with Crippen LogP contribution in [-0.2, 0) is 53.0 Å². The normalized spacial score (nSPS) is 11.8. The fourth-order valence-corrected chi connectivity index (χ4v) is 6.75. The van der Waals surface area contributed by atoms with Gasteiger partial charge >= 0.3 is 0 Å². The van der Waals surface area contributed by atoms with E-state index in [4.69, 9.17) is 47.4 Å². The molecule has 0 spiro atoms. The van der Waals surface area contributed by atoms with E-state index >= 15 is 0 Å². The van der Waals surface area contributed by atoms with Crippen LogP contribution in [0.1, 0.15) is 94.2 Å². The summed E-state index contributed by atoms with van der Waals surface area (Å²) in [4.78, 5) is 0. The third-order valence-corrected chi connectivity index (χ3v) is 9.96. The molecule has 3 rings (SSSR count). The first-order valence-electron chi connectivity index (χ1n) is 22.9. The maximum Gasteiger partial charge on any atom is 0.143 e. The summed E-state index contributed by atoms with van der Waals surface area (Å²) in [6.45, 7) is 12.5. The standard InChI is InChI=1S/C50H78O10/c1-2-3-4-5-6-7-8-9-10-11-21-28-51-29-30-52-31-32-53-33-34-54-35-36-55-37-38-56-39-40-57-41-42-58-43-44-59-45-46-60-50(47-22-15-12-16-23-47,48-24-17-13-18-25-48)49-26-19-14-20-27-49/h12-20,22-27H,2-11,21,28-46H2,1H3. The molecule has 10 nitrogen and oxygen atoms in total. The first-order chi connectivity index (χ1) is 29.9. The van der Waals surface area contributed by atoms with Crippen molar-refractivity contribution in [3.05, 3.63) is 108 Å². The van der Waals surface area contributed by atoms with E-state index in [2.05, 4.69) is 43.3 Å². The molecule has 3 aromatic carbocycles. The SMILES string of the molecule is CCCCCCCCCCCCCOCCOCCOCCOCCOCCOCCOCCOCCOCCOC(c1ccccc1)(c1ccccc1)c1ccccc1. The molecule has 60 heavy (non-hydrogen) atoms. The van der Waals surface area contributed by atoms with Gasteiger partial charge in [0.05, 0.1) is 119 Å². The molecule has 0 heterocycles. The van der Waals surface area contributed by atoms with Crippen molar-refractivity contribution in [3.63, 3.8) is 0 Å². The molecule has 0 bridgehead atoms. The highest BCUT2D eigenvalue weighted by Gasteiger charge is 2.37. The maximum atomic E-state index is 6.74. The van der Waals surface area contributed by atoms with Crippen molar-refractivity contribution in [3.8, 4) is 0 Å². The number of ether oxygens (including phenoxy) is 10. The van der Waals surface area contributed by atoms with Crippen molar-refractivity contribution in [1.82, 2.24) is 0 Å². The van der Waals surface area contributed by atoms with Crippen LogP contribution in [0.2, 0.25) is 0 Å². The van der Waals surface area contributed by atoms with Crippen molar-refractivity contribution in [2.45, 2.75) is 83.2 Å². The average Bonchev–Trinajstić information content (AvgIpc) is 3.29. The second-order valence-electron chi connectivity index (χ2n) is 14.7. The zero-order valence-corrected chi connectivity index (χ0v) is 37.0. The van der Waals surface area contributed by atoms with Crippen LogP contribution >= 0.6 is 0 Å². The van der Waals surface area contributed by atoms with Gasteiger partial charge in [0.1, 0.15) is 5.60 Å². The molecule has 0 aliphatic rings. The molecule has 0 saturated heterocycles. The molecule has 0 aliphatic heterocycles. The molecular formula is C50H78O10. The molecule has 0 fully saturated rings. The molecule has 0 radical (unpaired) electrons. The van der Waals surface area contributed by atoms with Gasteiger partial charge in [-0.15, -0.1) is 0 Å². The molecular weight excluding hydrogens is 761 g/mol. The lowest BCUT2D eigenvalue weighted by atomic mass is 9.80. The molecule has 0 aromatic heterocycles. The highest BCUT2D eigenvalue weighted by atomic mass is 16.6. The van der Waals surface area contributed by atoms with Crippen LogP contribution in [0.5, 0.6) is 0 Å². The van der Waals surface area contributed by atoms with Gasteiger partial charge in [0.2, 0.25) is 0 Å². The third-order valence-electron chi connectivity index (χ3n) is 9.96. The Hall–Kier alpha value is -2.74. The van der Waals surface area contributed by atoms with E-state index in [0.29, 0.717) is 119 Å². The molecule has 0 N–H and O–H groups in total. The van der Waals surface area contributed by atoms with Crippen LogP contribution in [0.4, 0.5) is 0 Å². The predicted molar refractivity (Wildman–Crippen MR) is 239 cm³/mol. The number of benzene rings is 3. The lowest BCUT2D eigenvalue weighted by Gasteiger charge is -2.36. The van der Waals surface area contributed by atoms with Crippen molar-refractivity contribution < 1.29 is 47.4 Å². The van der Waals surface area contributed by atoms with Crippen molar-refractivity contribution in [2.24, 2.45) is 0 Å². The third kappa shape index (κ3) is 24.6. The van der Waals surface area contributed by atoms with Gasteiger partial charge in [0.25, 0.3) is 0 Å². The van der Waals surface area contributed by atoms with E-state index in [0.717, 1.165) is 29.7 Å². The van der Waals surface area contributed by atoms with Gasteiger partial charge in [-0.1, -0.05) is 162 Å². The Bertz CT molecular complexity index is 1220. The van der Waals surface area contributed by atoms with Gasteiger partial charge in [-0.3, -0.25) is 0 Å². The molecule has 3 aromatic rings. The summed E-state index contributed by atoms with van der Waals surface area (Å²) in [5.41, 5.74) is 2.47. The van der Waals surface area contributed by atoms with E-state index in [9.17, 15) is 0 Å². The molecule has 10 heteroatoms. The van der Waals surface area contributed by atoms with E-state index in [1.807, 2.05) is 54.6 Å². The minimum absolute atomic E-state index is 0.420. The van der Waals surface area contributed by atoms with Gasteiger partial charge in [-0.05, 0) is 23.1 Å². The summed E-state index contributed by atoms with van der Waals surface area (Å²) >= 11 is 0. The first kappa shape index (κ1) is 51.6. The summed E-state index contributed by atoms with van der Waals surface area (Å²) in [6.07, 6.45) is 14.9. The Kier molecular flexibility index (Phi) is 32.7. The summed E-state index contributed by atoms with van der Waals surface area (Å²) in [6, 6.07) is 31.1. The lowest BCUT2D eigenvalue weighted by Crippen LogP contribution is -2.34. The van der Waals surface area contributed by atoms with Gasteiger partial charge in [-0.25, -0.2) is 0 Å². The number of unbranched alkanes of at least 4 members (excludes halogenated alkanes) is 10. The van der Waals surface area contributed by atoms with Gasteiger partial charge in [-0.2, -0.15) is 0 Å². The topological polar surface area (TPSA) is 92.3 Å². The van der Waals surface area contributed by atoms with Gasteiger partial charge < -0.3 is 47.4 Å². The molecule has 0 amide bonds. The Morgan fingerprint density at radius 2 is 0.500 bits per heavy atom. The van der Waals surface area contributed by atoms with Crippen LogP contribution in [0.25, 0.3) is 0 Å². The van der Waals surface area contributed by atoms with Crippen LogP contribution < -0.4 is 0 Å². The van der Waals surface area contributed by atoms with Crippen LogP contribution in [0, 0.1) is 0 Å². The van der Waals surface area contributed by atoms with Crippen LogP contribution in [0.3, 0.4) is 0 Å². The fraction of sp³-hybridized carbons (Fsp3) is 0.640. The van der Waals surface area contributed by atoms with E-state index in [1.54, 1.807) is 0 Å². The van der Waals surface area contributed by atoms with Gasteiger partial charge in [0.15, 0.2) is 0 Å². The zero-order valence-electron chi connectivity index (χ0n) is 37.0. The first-order valence-corrected chi connectivity index (χ1v) is 22.9. The maximum absolute atomic E-state index is 6.74. The second kappa shape index (κ2) is 38.0. The predicted octanol–water partition coefficient (Wildman–Crippen LogP) is 9.46. The largest absolute Gasteiger partial charge is 0.379 e. The molecule has 0 aliphatic carbocycles. The highest BCUT2D eigenvalue weighted by Crippen LogP contribution is 2.40. The van der Waals surface area contributed by atoms with Crippen molar-refractivity contribution in [1.29, 1.82) is 0 Å². The minimum Gasteiger partial charge on any atom is -0.379 e. The van der Waals surface area contributed by atoms with Crippen molar-refractivity contribution in [2.75, 3.05) is 126 Å². The van der Waals surface area contributed by atoms with E-state index < -0.39 is 5.60 Å². The number of hydrogen-bond donors (Lipinski definition) is 0. The van der Waals surface area contributed by atoms with Gasteiger partial charge in [0, 0.05) is 6.61 Å². The summed E-state index contributed by atoms with van der Waals surface area (Å²) in [7, 11) is 0. The molecule has 0 unspecified atom stereocenters. The quantitative estimate of drug-likeness (QED) is 0.0406. The summed E-state index contributed by atoms with van der Waals surface area (Å²) < 4.78 is 57.4. The molecule has 338 valence electrons. The average molecular weight is 839 g/mol.